The lowest BCUT2D eigenvalue weighted by atomic mass is 9.87. The topological polar surface area (TPSA) is 29.1 Å². The molecule has 1 aliphatic heterocycles. The highest BCUT2D eigenvalue weighted by Crippen LogP contribution is 2.29. The van der Waals surface area contributed by atoms with E-state index in [9.17, 15) is 9.18 Å². The highest BCUT2D eigenvalue weighted by atomic mass is 79.9. The number of rotatable bonds is 3. The first kappa shape index (κ1) is 12.6. The van der Waals surface area contributed by atoms with E-state index in [1.54, 1.807) is 6.07 Å². The molecule has 92 valence electrons. The molecule has 1 aromatic carbocycles. The Morgan fingerprint density at radius 2 is 2.29 bits per heavy atom. The van der Waals surface area contributed by atoms with Gasteiger partial charge in [-0.2, -0.15) is 0 Å². The SMILES string of the molecule is CCC1(Cc2ccc(Br)c(F)c2)CCC(=O)N1. The maximum atomic E-state index is 13.4. The minimum absolute atomic E-state index is 0.101. The van der Waals surface area contributed by atoms with Crippen LogP contribution in [0, 0.1) is 5.82 Å². The molecule has 1 amide bonds. The van der Waals surface area contributed by atoms with E-state index in [1.165, 1.54) is 6.07 Å². The van der Waals surface area contributed by atoms with E-state index in [2.05, 4.69) is 28.2 Å². The summed E-state index contributed by atoms with van der Waals surface area (Å²) in [6.45, 7) is 2.06. The lowest BCUT2D eigenvalue weighted by molar-refractivity contribution is -0.119. The fourth-order valence-corrected chi connectivity index (χ4v) is 2.58. The van der Waals surface area contributed by atoms with E-state index in [-0.39, 0.29) is 17.3 Å². The maximum Gasteiger partial charge on any atom is 0.220 e. The van der Waals surface area contributed by atoms with Crippen molar-refractivity contribution < 1.29 is 9.18 Å². The Bertz CT molecular complexity index is 449. The van der Waals surface area contributed by atoms with Crippen LogP contribution in [0.4, 0.5) is 4.39 Å². The molecule has 4 heteroatoms. The lowest BCUT2D eigenvalue weighted by Crippen LogP contribution is -2.42. The first-order chi connectivity index (χ1) is 8.04. The van der Waals surface area contributed by atoms with Gasteiger partial charge in [-0.25, -0.2) is 4.39 Å². The van der Waals surface area contributed by atoms with Gasteiger partial charge in [0.15, 0.2) is 0 Å². The number of amides is 1. The summed E-state index contributed by atoms with van der Waals surface area (Å²) >= 11 is 3.14. The molecule has 1 unspecified atom stereocenters. The predicted molar refractivity (Wildman–Crippen MR) is 68.2 cm³/mol. The van der Waals surface area contributed by atoms with Crippen LogP contribution in [0.25, 0.3) is 0 Å². The molecule has 1 atom stereocenters. The van der Waals surface area contributed by atoms with Crippen molar-refractivity contribution in [1.29, 1.82) is 0 Å². The molecule has 0 spiro atoms. The van der Waals surface area contributed by atoms with Crippen LogP contribution in [-0.4, -0.2) is 11.4 Å². The fraction of sp³-hybridized carbons (Fsp3) is 0.462. The van der Waals surface area contributed by atoms with Gasteiger partial charge in [0, 0.05) is 12.0 Å². The Morgan fingerprint density at radius 3 is 2.82 bits per heavy atom. The zero-order chi connectivity index (χ0) is 12.5. The third-order valence-electron chi connectivity index (χ3n) is 3.44. The zero-order valence-electron chi connectivity index (χ0n) is 9.72. The summed E-state index contributed by atoms with van der Waals surface area (Å²) in [6.07, 6.45) is 2.97. The van der Waals surface area contributed by atoms with Gasteiger partial charge in [-0.1, -0.05) is 13.0 Å². The van der Waals surface area contributed by atoms with Crippen molar-refractivity contribution in [3.8, 4) is 0 Å². The molecule has 0 radical (unpaired) electrons. The van der Waals surface area contributed by atoms with Gasteiger partial charge in [0.1, 0.15) is 5.82 Å². The summed E-state index contributed by atoms with van der Waals surface area (Å²) in [6, 6.07) is 5.14. The zero-order valence-corrected chi connectivity index (χ0v) is 11.3. The van der Waals surface area contributed by atoms with Crippen molar-refractivity contribution in [2.24, 2.45) is 0 Å². The average molecular weight is 300 g/mol. The first-order valence-corrected chi connectivity index (χ1v) is 6.59. The van der Waals surface area contributed by atoms with Gasteiger partial charge in [-0.15, -0.1) is 0 Å². The third-order valence-corrected chi connectivity index (χ3v) is 4.08. The van der Waals surface area contributed by atoms with Crippen LogP contribution in [0.15, 0.2) is 22.7 Å². The highest BCUT2D eigenvalue weighted by Gasteiger charge is 2.35. The smallest absolute Gasteiger partial charge is 0.220 e. The van der Waals surface area contributed by atoms with Gasteiger partial charge in [0.2, 0.25) is 5.91 Å². The average Bonchev–Trinajstić information content (AvgIpc) is 2.66. The van der Waals surface area contributed by atoms with Crippen molar-refractivity contribution in [2.75, 3.05) is 0 Å². The van der Waals surface area contributed by atoms with E-state index in [0.717, 1.165) is 18.4 Å². The fourth-order valence-electron chi connectivity index (χ4n) is 2.34. The Labute approximate surface area is 109 Å². The molecule has 2 nitrogen and oxygen atoms in total. The number of halogens is 2. The molecule has 17 heavy (non-hydrogen) atoms. The molecule has 1 aliphatic rings. The Balaban J connectivity index is 2.18. The van der Waals surface area contributed by atoms with Crippen molar-refractivity contribution in [3.63, 3.8) is 0 Å². The third kappa shape index (κ3) is 2.68. The minimum atomic E-state index is -0.252. The van der Waals surface area contributed by atoms with E-state index in [4.69, 9.17) is 0 Å². The molecule has 1 saturated heterocycles. The van der Waals surface area contributed by atoms with Crippen LogP contribution >= 0.6 is 15.9 Å². The summed E-state index contributed by atoms with van der Waals surface area (Å²) in [5.41, 5.74) is 0.743. The van der Waals surface area contributed by atoms with Gasteiger partial charge in [-0.05, 0) is 52.9 Å². The van der Waals surface area contributed by atoms with Crippen LogP contribution in [-0.2, 0) is 11.2 Å². The van der Waals surface area contributed by atoms with Crippen LogP contribution in [0.3, 0.4) is 0 Å². The van der Waals surface area contributed by atoms with Gasteiger partial charge in [-0.3, -0.25) is 4.79 Å². The second-order valence-electron chi connectivity index (χ2n) is 4.61. The second-order valence-corrected chi connectivity index (χ2v) is 5.46. The van der Waals surface area contributed by atoms with Gasteiger partial charge >= 0.3 is 0 Å². The Hall–Kier alpha value is -0.900. The Morgan fingerprint density at radius 1 is 1.53 bits per heavy atom. The van der Waals surface area contributed by atoms with Gasteiger partial charge < -0.3 is 5.32 Å². The summed E-state index contributed by atoms with van der Waals surface area (Å²) < 4.78 is 13.9. The predicted octanol–water partition coefficient (Wildman–Crippen LogP) is 3.19. The maximum absolute atomic E-state index is 13.4. The van der Waals surface area contributed by atoms with Gasteiger partial charge in [0.05, 0.1) is 4.47 Å². The highest BCUT2D eigenvalue weighted by molar-refractivity contribution is 9.10. The van der Waals surface area contributed by atoms with E-state index in [0.29, 0.717) is 17.3 Å². The summed E-state index contributed by atoms with van der Waals surface area (Å²) in [4.78, 5) is 11.3. The molecule has 1 aromatic rings. The number of carbonyl (C=O) groups excluding carboxylic acids is 1. The molecule has 1 N–H and O–H groups in total. The lowest BCUT2D eigenvalue weighted by Gasteiger charge is -2.27. The number of hydrogen-bond donors (Lipinski definition) is 1. The molecule has 0 aromatic heterocycles. The largest absolute Gasteiger partial charge is 0.350 e. The van der Waals surface area contributed by atoms with Crippen LogP contribution < -0.4 is 5.32 Å². The summed E-state index contributed by atoms with van der Waals surface area (Å²) in [5, 5.41) is 3.03. The Kier molecular flexibility index (Phi) is 3.52. The van der Waals surface area contributed by atoms with Crippen molar-refractivity contribution in [1.82, 2.24) is 5.32 Å². The molecule has 0 bridgehead atoms. The summed E-state index contributed by atoms with van der Waals surface area (Å²) in [7, 11) is 0. The molecular weight excluding hydrogens is 285 g/mol. The molecule has 2 rings (SSSR count). The number of nitrogens with one attached hydrogen (secondary N) is 1. The second kappa shape index (κ2) is 4.77. The van der Waals surface area contributed by atoms with E-state index in [1.807, 2.05) is 6.07 Å². The van der Waals surface area contributed by atoms with Crippen molar-refractivity contribution in [3.05, 3.63) is 34.1 Å². The molecule has 1 heterocycles. The number of carbonyl (C=O) groups is 1. The van der Waals surface area contributed by atoms with Crippen molar-refractivity contribution >= 4 is 21.8 Å². The number of hydrogen-bond acceptors (Lipinski definition) is 1. The quantitative estimate of drug-likeness (QED) is 0.912. The van der Waals surface area contributed by atoms with Crippen LogP contribution in [0.2, 0.25) is 0 Å². The van der Waals surface area contributed by atoms with Crippen LogP contribution in [0.5, 0.6) is 0 Å². The molecule has 0 aliphatic carbocycles. The monoisotopic (exact) mass is 299 g/mol. The molecule has 1 fully saturated rings. The minimum Gasteiger partial charge on any atom is -0.350 e. The normalized spacial score (nSPS) is 23.8. The van der Waals surface area contributed by atoms with E-state index < -0.39 is 0 Å². The molecule has 0 saturated carbocycles. The first-order valence-electron chi connectivity index (χ1n) is 5.79. The standard InChI is InChI=1S/C13H15BrFNO/c1-2-13(6-5-12(17)16-13)8-9-3-4-10(14)11(15)7-9/h3-4,7H,2,5-6,8H2,1H3,(H,16,17). The molecular formula is C13H15BrFNO. The van der Waals surface area contributed by atoms with Crippen molar-refractivity contribution in [2.45, 2.75) is 38.1 Å². The van der Waals surface area contributed by atoms with Gasteiger partial charge in [0.25, 0.3) is 0 Å². The summed E-state index contributed by atoms with van der Waals surface area (Å²) in [5.74, 6) is -0.150. The van der Waals surface area contributed by atoms with Crippen LogP contribution in [0.1, 0.15) is 31.7 Å². The van der Waals surface area contributed by atoms with E-state index >= 15 is 0 Å². The number of benzene rings is 1.